The lowest BCUT2D eigenvalue weighted by Gasteiger charge is -2.07. The fourth-order valence-corrected chi connectivity index (χ4v) is 5.95. The van der Waals surface area contributed by atoms with E-state index in [2.05, 4.69) is 42.2 Å². The quantitative estimate of drug-likeness (QED) is 0.195. The largest absolute Gasteiger partial charge is 0.320 e. The van der Waals surface area contributed by atoms with Gasteiger partial charge in [0, 0.05) is 20.6 Å². The van der Waals surface area contributed by atoms with Crippen LogP contribution in [0.1, 0.15) is 5.56 Å². The summed E-state index contributed by atoms with van der Waals surface area (Å²) in [6, 6.07) is 10.4. The number of aromatic nitrogens is 1. The molecule has 1 N–H and O–H groups in total. The van der Waals surface area contributed by atoms with Crippen LogP contribution in [0, 0.1) is 17.0 Å². The average Bonchev–Trinajstić information content (AvgIpc) is 3.01. The Balaban J connectivity index is 1.76. The molecule has 0 aliphatic rings. The van der Waals surface area contributed by atoms with Crippen LogP contribution in [-0.2, 0) is 4.79 Å². The molecular weight excluding hydrogens is 566 g/mol. The molecule has 0 unspecified atom stereocenters. The van der Waals surface area contributed by atoms with Crippen molar-refractivity contribution in [2.75, 3.05) is 11.1 Å². The van der Waals surface area contributed by atoms with Gasteiger partial charge in [0.2, 0.25) is 5.91 Å². The van der Waals surface area contributed by atoms with Crippen molar-refractivity contribution in [3.63, 3.8) is 0 Å². The zero-order valence-corrected chi connectivity index (χ0v) is 20.3. The number of carbonyl (C=O) groups excluding carboxylic acids is 1. The fraction of sp³-hybridized carbons (Fsp3) is 0.111. The van der Waals surface area contributed by atoms with Gasteiger partial charge in [-0.05, 0) is 30.7 Å². The third kappa shape index (κ3) is 5.58. The third-order valence-electron chi connectivity index (χ3n) is 3.71. The molecule has 150 valence electrons. The van der Waals surface area contributed by atoms with Crippen molar-refractivity contribution in [1.82, 2.24) is 4.98 Å². The van der Waals surface area contributed by atoms with Crippen LogP contribution in [0.2, 0.25) is 4.47 Å². The molecule has 0 radical (unpaired) electrons. The molecule has 1 heterocycles. The summed E-state index contributed by atoms with van der Waals surface area (Å²) in [5.74, 6) is -0.294. The topological polar surface area (TPSA) is 85.1 Å². The summed E-state index contributed by atoms with van der Waals surface area (Å²) in [6.45, 7) is 1.75. The van der Waals surface area contributed by atoms with Crippen molar-refractivity contribution >= 4 is 83.8 Å². The Hall–Kier alpha value is -1.46. The lowest BCUT2D eigenvalue weighted by molar-refractivity contribution is -0.384. The molecule has 6 nitrogen and oxygen atoms in total. The number of amides is 1. The van der Waals surface area contributed by atoms with E-state index in [0.717, 1.165) is 24.3 Å². The Labute approximate surface area is 196 Å². The van der Waals surface area contributed by atoms with E-state index >= 15 is 0 Å². The third-order valence-corrected chi connectivity index (χ3v) is 7.28. The van der Waals surface area contributed by atoms with Gasteiger partial charge in [0.05, 0.1) is 20.6 Å². The van der Waals surface area contributed by atoms with E-state index in [1.807, 2.05) is 18.2 Å². The van der Waals surface area contributed by atoms with Gasteiger partial charge in [0.25, 0.3) is 5.69 Å². The van der Waals surface area contributed by atoms with Gasteiger partial charge in [-0.2, -0.15) is 0 Å². The molecule has 3 rings (SSSR count). The predicted octanol–water partition coefficient (Wildman–Crippen LogP) is 6.94. The van der Waals surface area contributed by atoms with Crippen LogP contribution in [0.4, 0.5) is 11.4 Å². The van der Waals surface area contributed by atoms with Crippen LogP contribution >= 0.6 is 66.6 Å². The summed E-state index contributed by atoms with van der Waals surface area (Å²) >= 11 is 15.6. The van der Waals surface area contributed by atoms with Crippen LogP contribution in [-0.4, -0.2) is 21.6 Å². The number of halogens is 3. The summed E-state index contributed by atoms with van der Waals surface area (Å²) in [6.07, 6.45) is 0. The highest BCUT2D eigenvalue weighted by Crippen LogP contribution is 2.41. The fourth-order valence-electron chi connectivity index (χ4n) is 2.45. The normalized spacial score (nSPS) is 10.8. The van der Waals surface area contributed by atoms with Gasteiger partial charge < -0.3 is 5.32 Å². The summed E-state index contributed by atoms with van der Waals surface area (Å²) in [7, 11) is 0. The molecule has 11 heteroatoms. The molecule has 1 aromatic heterocycles. The Bertz CT molecular complexity index is 1110. The van der Waals surface area contributed by atoms with E-state index in [1.54, 1.807) is 13.0 Å². The molecule has 0 aliphatic carbocycles. The van der Waals surface area contributed by atoms with E-state index in [-0.39, 0.29) is 23.0 Å². The van der Waals surface area contributed by atoms with Crippen LogP contribution in [0.3, 0.4) is 0 Å². The summed E-state index contributed by atoms with van der Waals surface area (Å²) in [5, 5.41) is 13.8. The standard InChI is InChI=1S/C18H12Br2ClN3O3S2/c1-9-2-5-13(14(6-9)24(26)27)22-15(25)8-28-17-16(23-18(21)29-17)11-4-3-10(19)7-12(11)20/h2-7H,8H2,1H3,(H,22,25). The van der Waals surface area contributed by atoms with Crippen molar-refractivity contribution in [3.05, 3.63) is 65.5 Å². The number of rotatable bonds is 6. The summed E-state index contributed by atoms with van der Waals surface area (Å²) in [4.78, 5) is 27.5. The van der Waals surface area contributed by atoms with Crippen molar-refractivity contribution in [3.8, 4) is 11.3 Å². The summed E-state index contributed by atoms with van der Waals surface area (Å²) in [5.41, 5.74) is 2.31. The van der Waals surface area contributed by atoms with E-state index < -0.39 is 4.92 Å². The van der Waals surface area contributed by atoms with Crippen LogP contribution in [0.15, 0.2) is 49.6 Å². The second kappa shape index (κ2) is 9.57. The minimum Gasteiger partial charge on any atom is -0.320 e. The number of nitro groups is 1. The number of hydrogen-bond acceptors (Lipinski definition) is 6. The van der Waals surface area contributed by atoms with Crippen LogP contribution in [0.5, 0.6) is 0 Å². The van der Waals surface area contributed by atoms with E-state index in [1.165, 1.54) is 35.2 Å². The van der Waals surface area contributed by atoms with Gasteiger partial charge in [0.1, 0.15) is 5.69 Å². The maximum atomic E-state index is 12.4. The highest BCUT2D eigenvalue weighted by Gasteiger charge is 2.19. The maximum absolute atomic E-state index is 12.4. The molecular formula is C18H12Br2ClN3O3S2. The zero-order chi connectivity index (χ0) is 21.1. The predicted molar refractivity (Wildman–Crippen MR) is 125 cm³/mol. The molecule has 2 aromatic carbocycles. The zero-order valence-electron chi connectivity index (χ0n) is 14.7. The Morgan fingerprint density at radius 3 is 2.76 bits per heavy atom. The van der Waals surface area contributed by atoms with Crippen molar-refractivity contribution in [2.24, 2.45) is 0 Å². The number of nitrogens with zero attached hydrogens (tertiary/aromatic N) is 2. The van der Waals surface area contributed by atoms with E-state index in [9.17, 15) is 14.9 Å². The number of nitrogens with one attached hydrogen (secondary N) is 1. The molecule has 0 fully saturated rings. The molecule has 0 aliphatic heterocycles. The molecule has 3 aromatic rings. The molecule has 0 spiro atoms. The van der Waals surface area contributed by atoms with Crippen molar-refractivity contribution in [2.45, 2.75) is 11.1 Å². The number of carbonyl (C=O) groups is 1. The molecule has 0 atom stereocenters. The number of thiazole rings is 1. The number of hydrogen-bond donors (Lipinski definition) is 1. The second-order valence-electron chi connectivity index (χ2n) is 5.84. The lowest BCUT2D eigenvalue weighted by atomic mass is 10.2. The molecule has 1 amide bonds. The first-order chi connectivity index (χ1) is 13.7. The first-order valence-corrected chi connectivity index (χ1v) is 11.8. The Kier molecular flexibility index (Phi) is 7.33. The number of thioether (sulfide) groups is 1. The van der Waals surface area contributed by atoms with Gasteiger partial charge in [-0.25, -0.2) is 4.98 Å². The second-order valence-corrected chi connectivity index (χ2v) is 10.4. The average molecular weight is 578 g/mol. The van der Waals surface area contributed by atoms with Gasteiger partial charge in [-0.1, -0.05) is 66.9 Å². The highest BCUT2D eigenvalue weighted by molar-refractivity contribution is 9.11. The Morgan fingerprint density at radius 1 is 1.31 bits per heavy atom. The minimum absolute atomic E-state index is 0.0602. The first-order valence-electron chi connectivity index (χ1n) is 8.04. The maximum Gasteiger partial charge on any atom is 0.293 e. The molecule has 0 saturated heterocycles. The number of nitro benzene ring substituents is 1. The van der Waals surface area contributed by atoms with Crippen molar-refractivity contribution in [1.29, 1.82) is 0 Å². The molecule has 0 saturated carbocycles. The summed E-state index contributed by atoms with van der Waals surface area (Å²) < 4.78 is 2.91. The van der Waals surface area contributed by atoms with Crippen molar-refractivity contribution < 1.29 is 9.72 Å². The van der Waals surface area contributed by atoms with Gasteiger partial charge in [0.15, 0.2) is 4.47 Å². The number of aryl methyl sites for hydroxylation is 1. The van der Waals surface area contributed by atoms with E-state index in [0.29, 0.717) is 10.2 Å². The van der Waals surface area contributed by atoms with Crippen LogP contribution < -0.4 is 5.32 Å². The monoisotopic (exact) mass is 575 g/mol. The minimum atomic E-state index is -0.512. The Morgan fingerprint density at radius 2 is 2.07 bits per heavy atom. The van der Waals surface area contributed by atoms with Gasteiger partial charge in [-0.15, -0.1) is 11.8 Å². The number of anilines is 1. The van der Waals surface area contributed by atoms with E-state index in [4.69, 9.17) is 11.6 Å². The SMILES string of the molecule is Cc1ccc(NC(=O)CSc2sc(Cl)nc2-c2ccc(Br)cc2Br)c([N+](=O)[O-])c1. The highest BCUT2D eigenvalue weighted by atomic mass is 79.9. The smallest absolute Gasteiger partial charge is 0.293 e. The first kappa shape index (κ1) is 22.2. The lowest BCUT2D eigenvalue weighted by Crippen LogP contribution is -2.15. The molecule has 29 heavy (non-hydrogen) atoms. The molecule has 0 bridgehead atoms. The van der Waals surface area contributed by atoms with Gasteiger partial charge in [-0.3, -0.25) is 14.9 Å². The van der Waals surface area contributed by atoms with Gasteiger partial charge >= 0.3 is 0 Å². The number of benzene rings is 2. The van der Waals surface area contributed by atoms with Crippen LogP contribution in [0.25, 0.3) is 11.3 Å².